The Morgan fingerprint density at radius 2 is 1.82 bits per heavy atom. The van der Waals surface area contributed by atoms with Crippen molar-refractivity contribution < 1.29 is 9.53 Å². The van der Waals surface area contributed by atoms with Crippen molar-refractivity contribution in [2.45, 2.75) is 37.8 Å². The van der Waals surface area contributed by atoms with Gasteiger partial charge in [0, 0.05) is 57.9 Å². The summed E-state index contributed by atoms with van der Waals surface area (Å²) in [5.41, 5.74) is 0.896. The lowest BCUT2D eigenvalue weighted by atomic mass is 9.91. The third-order valence-electron chi connectivity index (χ3n) is 6.72. The SMILES string of the molecule is CN1CCN(CCOc2ccccc2CN2CCNC(=O)C23CCCC3)CC1. The molecule has 0 bridgehead atoms. The van der Waals surface area contributed by atoms with Gasteiger partial charge >= 0.3 is 0 Å². The molecular formula is C22H34N4O2. The first-order valence-electron chi connectivity index (χ1n) is 10.8. The van der Waals surface area contributed by atoms with Gasteiger partial charge in [0.15, 0.2) is 0 Å². The average Bonchev–Trinajstić information content (AvgIpc) is 3.19. The van der Waals surface area contributed by atoms with Crippen molar-refractivity contribution in [1.82, 2.24) is 20.0 Å². The van der Waals surface area contributed by atoms with Gasteiger partial charge in [-0.05, 0) is 26.0 Å². The summed E-state index contributed by atoms with van der Waals surface area (Å²) in [6, 6.07) is 8.35. The summed E-state index contributed by atoms with van der Waals surface area (Å²) in [6.07, 6.45) is 4.25. The van der Waals surface area contributed by atoms with E-state index in [0.717, 1.165) is 83.8 Å². The number of ether oxygens (including phenoxy) is 1. The molecule has 1 saturated carbocycles. The lowest BCUT2D eigenvalue weighted by molar-refractivity contribution is -0.137. The Labute approximate surface area is 168 Å². The zero-order valence-corrected chi connectivity index (χ0v) is 17.2. The largest absolute Gasteiger partial charge is 0.492 e. The fourth-order valence-corrected chi connectivity index (χ4v) is 4.90. The first-order chi connectivity index (χ1) is 13.7. The van der Waals surface area contributed by atoms with Gasteiger partial charge in [0.2, 0.25) is 5.91 Å². The summed E-state index contributed by atoms with van der Waals surface area (Å²) in [5.74, 6) is 1.19. The molecule has 2 aliphatic heterocycles. The smallest absolute Gasteiger partial charge is 0.240 e. The lowest BCUT2D eigenvalue weighted by Crippen LogP contribution is -2.63. The molecule has 0 radical (unpaired) electrons. The van der Waals surface area contributed by atoms with Gasteiger partial charge in [0.05, 0.1) is 0 Å². The fraction of sp³-hybridized carbons (Fsp3) is 0.682. The van der Waals surface area contributed by atoms with Crippen LogP contribution in [-0.2, 0) is 11.3 Å². The van der Waals surface area contributed by atoms with Crippen molar-refractivity contribution in [2.24, 2.45) is 0 Å². The number of carbonyl (C=O) groups is 1. The topological polar surface area (TPSA) is 48.1 Å². The first-order valence-corrected chi connectivity index (χ1v) is 10.8. The summed E-state index contributed by atoms with van der Waals surface area (Å²) in [6.45, 7) is 8.64. The Hall–Kier alpha value is -1.63. The van der Waals surface area contributed by atoms with Crippen LogP contribution in [0.1, 0.15) is 31.2 Å². The highest BCUT2D eigenvalue weighted by Crippen LogP contribution is 2.38. The van der Waals surface area contributed by atoms with E-state index in [4.69, 9.17) is 4.74 Å². The highest BCUT2D eigenvalue weighted by Gasteiger charge is 2.47. The van der Waals surface area contributed by atoms with Crippen LogP contribution < -0.4 is 10.1 Å². The molecule has 6 nitrogen and oxygen atoms in total. The van der Waals surface area contributed by atoms with Crippen LogP contribution in [0.15, 0.2) is 24.3 Å². The first kappa shape index (κ1) is 19.7. The maximum absolute atomic E-state index is 12.7. The third kappa shape index (κ3) is 4.19. The van der Waals surface area contributed by atoms with Crippen LogP contribution in [0, 0.1) is 0 Å². The molecule has 3 aliphatic rings. The Bertz CT molecular complexity index is 666. The van der Waals surface area contributed by atoms with Gasteiger partial charge < -0.3 is 15.0 Å². The Kier molecular flexibility index (Phi) is 6.19. The van der Waals surface area contributed by atoms with E-state index in [-0.39, 0.29) is 11.4 Å². The number of benzene rings is 1. The average molecular weight is 387 g/mol. The van der Waals surface area contributed by atoms with Gasteiger partial charge in [-0.2, -0.15) is 0 Å². The summed E-state index contributed by atoms with van der Waals surface area (Å²) in [5, 5.41) is 3.10. The van der Waals surface area contributed by atoms with Crippen molar-refractivity contribution in [3.63, 3.8) is 0 Å². The van der Waals surface area contributed by atoms with E-state index in [1.54, 1.807) is 0 Å². The molecule has 1 aromatic rings. The quantitative estimate of drug-likeness (QED) is 0.804. The second kappa shape index (κ2) is 8.80. The highest BCUT2D eigenvalue weighted by molar-refractivity contribution is 5.87. The standard InChI is InChI=1S/C22H34N4O2/c1-24-12-14-25(15-13-24)16-17-28-20-7-3-2-6-19(20)18-26-11-10-23-21(27)22(26)8-4-5-9-22/h2-3,6-7H,4-5,8-18H2,1H3,(H,23,27). The van der Waals surface area contributed by atoms with Crippen molar-refractivity contribution in [1.29, 1.82) is 0 Å². The molecule has 1 aromatic carbocycles. The molecule has 0 aromatic heterocycles. The Morgan fingerprint density at radius 1 is 1.07 bits per heavy atom. The molecule has 1 N–H and O–H groups in total. The van der Waals surface area contributed by atoms with E-state index >= 15 is 0 Å². The number of rotatable bonds is 6. The van der Waals surface area contributed by atoms with Crippen LogP contribution in [0.2, 0.25) is 0 Å². The minimum Gasteiger partial charge on any atom is -0.492 e. The predicted octanol–water partition coefficient (Wildman–Crippen LogP) is 1.56. The molecule has 3 fully saturated rings. The zero-order chi connectivity index (χ0) is 19.4. The number of amides is 1. The maximum Gasteiger partial charge on any atom is 0.240 e. The summed E-state index contributed by atoms with van der Waals surface area (Å²) in [7, 11) is 2.18. The highest BCUT2D eigenvalue weighted by atomic mass is 16.5. The molecule has 4 rings (SSSR count). The van der Waals surface area contributed by atoms with Crippen molar-refractivity contribution in [2.75, 3.05) is 59.5 Å². The summed E-state index contributed by atoms with van der Waals surface area (Å²) < 4.78 is 6.20. The molecule has 2 saturated heterocycles. The maximum atomic E-state index is 12.7. The van der Waals surface area contributed by atoms with Crippen LogP contribution in [0.5, 0.6) is 5.75 Å². The number of likely N-dealkylation sites (N-methyl/N-ethyl adjacent to an activating group) is 1. The molecule has 28 heavy (non-hydrogen) atoms. The van der Waals surface area contributed by atoms with Crippen LogP contribution in [-0.4, -0.2) is 85.6 Å². The van der Waals surface area contributed by atoms with Crippen LogP contribution in [0.4, 0.5) is 0 Å². The van der Waals surface area contributed by atoms with Gasteiger partial charge in [0.25, 0.3) is 0 Å². The molecule has 2 heterocycles. The monoisotopic (exact) mass is 386 g/mol. The van der Waals surface area contributed by atoms with Crippen molar-refractivity contribution >= 4 is 5.91 Å². The number of hydrogen-bond acceptors (Lipinski definition) is 5. The number of nitrogens with zero attached hydrogens (tertiary/aromatic N) is 3. The number of nitrogens with one attached hydrogen (secondary N) is 1. The molecular weight excluding hydrogens is 352 g/mol. The van der Waals surface area contributed by atoms with Gasteiger partial charge in [-0.15, -0.1) is 0 Å². The van der Waals surface area contributed by atoms with Gasteiger partial charge in [-0.1, -0.05) is 31.0 Å². The Morgan fingerprint density at radius 3 is 2.61 bits per heavy atom. The van der Waals surface area contributed by atoms with Crippen LogP contribution >= 0.6 is 0 Å². The van der Waals surface area contributed by atoms with Gasteiger partial charge in [0.1, 0.15) is 17.9 Å². The van der Waals surface area contributed by atoms with Gasteiger partial charge in [-0.3, -0.25) is 14.6 Å². The second-order valence-corrected chi connectivity index (χ2v) is 8.52. The normalized spacial score (nSPS) is 23.8. The van der Waals surface area contributed by atoms with Crippen LogP contribution in [0.25, 0.3) is 0 Å². The Balaban J connectivity index is 1.38. The van der Waals surface area contributed by atoms with E-state index in [0.29, 0.717) is 6.61 Å². The van der Waals surface area contributed by atoms with E-state index in [1.165, 1.54) is 5.56 Å². The van der Waals surface area contributed by atoms with E-state index in [9.17, 15) is 4.79 Å². The molecule has 0 atom stereocenters. The zero-order valence-electron chi connectivity index (χ0n) is 17.2. The predicted molar refractivity (Wildman–Crippen MR) is 110 cm³/mol. The van der Waals surface area contributed by atoms with E-state index in [2.05, 4.69) is 45.3 Å². The lowest BCUT2D eigenvalue weighted by Gasteiger charge is -2.43. The summed E-state index contributed by atoms with van der Waals surface area (Å²) >= 11 is 0. The number of para-hydroxylation sites is 1. The van der Waals surface area contributed by atoms with E-state index in [1.807, 2.05) is 6.07 Å². The number of piperazine rings is 2. The molecule has 1 spiro atoms. The van der Waals surface area contributed by atoms with Gasteiger partial charge in [-0.25, -0.2) is 0 Å². The minimum atomic E-state index is -0.300. The molecule has 1 aliphatic carbocycles. The fourth-order valence-electron chi connectivity index (χ4n) is 4.90. The molecule has 0 unspecified atom stereocenters. The molecule has 154 valence electrons. The third-order valence-corrected chi connectivity index (χ3v) is 6.72. The van der Waals surface area contributed by atoms with E-state index < -0.39 is 0 Å². The molecule has 6 heteroatoms. The molecule has 1 amide bonds. The minimum absolute atomic E-state index is 0.227. The number of carbonyl (C=O) groups excluding carboxylic acids is 1. The second-order valence-electron chi connectivity index (χ2n) is 8.52. The number of hydrogen-bond donors (Lipinski definition) is 1. The van der Waals surface area contributed by atoms with Crippen molar-refractivity contribution in [3.05, 3.63) is 29.8 Å². The summed E-state index contributed by atoms with van der Waals surface area (Å²) in [4.78, 5) is 19.9. The van der Waals surface area contributed by atoms with Crippen molar-refractivity contribution in [3.8, 4) is 5.75 Å². The van der Waals surface area contributed by atoms with Crippen LogP contribution in [0.3, 0.4) is 0 Å².